The lowest BCUT2D eigenvalue weighted by Crippen LogP contribution is -1.79. The Balaban J connectivity index is 2.60. The number of hydrogen-bond donors (Lipinski definition) is 2. The molecule has 0 fully saturated rings. The molecule has 3 heteroatoms. The summed E-state index contributed by atoms with van der Waals surface area (Å²) in [4.78, 5) is 3.08. The zero-order valence-electron chi connectivity index (χ0n) is 6.36. The summed E-state index contributed by atoms with van der Waals surface area (Å²) in [6.45, 7) is 0. The normalized spacial score (nSPS) is 11.3. The number of H-pyrrole nitrogens is 1. The van der Waals surface area contributed by atoms with Crippen molar-refractivity contribution in [1.29, 1.82) is 0 Å². The summed E-state index contributed by atoms with van der Waals surface area (Å²) in [6.07, 6.45) is 3.28. The summed E-state index contributed by atoms with van der Waals surface area (Å²) in [5.74, 6) is 0. The highest BCUT2D eigenvalue weighted by Crippen LogP contribution is 2.12. The first-order chi connectivity index (χ1) is 5.90. The fourth-order valence-corrected chi connectivity index (χ4v) is 1.21. The molecule has 0 spiro atoms. The van der Waals surface area contributed by atoms with Crippen molar-refractivity contribution in [2.75, 3.05) is 0 Å². The van der Waals surface area contributed by atoms with E-state index in [1.807, 2.05) is 30.5 Å². The fourth-order valence-electron chi connectivity index (χ4n) is 1.21. The Hall–Kier alpha value is -1.77. The Morgan fingerprint density at radius 1 is 1.33 bits per heavy atom. The summed E-state index contributed by atoms with van der Waals surface area (Å²) < 4.78 is 0. The molecule has 0 saturated heterocycles. The zero-order chi connectivity index (χ0) is 8.39. The third-order valence-corrected chi connectivity index (χ3v) is 1.79. The minimum atomic E-state index is 0.882. The molecule has 2 rings (SSSR count). The van der Waals surface area contributed by atoms with Gasteiger partial charge in [-0.3, -0.25) is 0 Å². The molecule has 3 nitrogen and oxygen atoms in total. The molecule has 0 amide bonds. The minimum Gasteiger partial charge on any atom is -0.411 e. The topological polar surface area (TPSA) is 48.4 Å². The van der Waals surface area contributed by atoms with E-state index in [0.29, 0.717) is 0 Å². The highest BCUT2D eigenvalue weighted by atomic mass is 16.4. The van der Waals surface area contributed by atoms with Crippen molar-refractivity contribution in [3.63, 3.8) is 0 Å². The average molecular weight is 160 g/mol. The molecule has 0 saturated carbocycles. The van der Waals surface area contributed by atoms with E-state index in [-0.39, 0.29) is 0 Å². The lowest BCUT2D eigenvalue weighted by molar-refractivity contribution is 0.322. The van der Waals surface area contributed by atoms with Crippen LogP contribution < -0.4 is 0 Å². The van der Waals surface area contributed by atoms with Gasteiger partial charge in [-0.15, -0.1) is 0 Å². The molecule has 1 aromatic carbocycles. The molecule has 2 N–H and O–H groups in total. The van der Waals surface area contributed by atoms with Gasteiger partial charge in [0.2, 0.25) is 0 Å². The Labute approximate surface area is 69.3 Å². The number of oxime groups is 1. The smallest absolute Gasteiger partial charge is 0.0734 e. The van der Waals surface area contributed by atoms with Crippen molar-refractivity contribution in [3.05, 3.63) is 36.0 Å². The number of nitrogens with one attached hydrogen (secondary N) is 1. The molecule has 0 aliphatic carbocycles. The van der Waals surface area contributed by atoms with Crippen molar-refractivity contribution in [2.45, 2.75) is 0 Å². The van der Waals surface area contributed by atoms with E-state index in [9.17, 15) is 0 Å². The van der Waals surface area contributed by atoms with Crippen LogP contribution in [0.25, 0.3) is 10.9 Å². The van der Waals surface area contributed by atoms with E-state index in [0.717, 1.165) is 16.5 Å². The second-order valence-electron chi connectivity index (χ2n) is 2.57. The van der Waals surface area contributed by atoms with E-state index in [1.54, 1.807) is 0 Å². The minimum absolute atomic E-state index is 0.882. The number of hydrogen-bond acceptors (Lipinski definition) is 2. The van der Waals surface area contributed by atoms with Crippen molar-refractivity contribution < 1.29 is 5.21 Å². The Morgan fingerprint density at radius 2 is 2.25 bits per heavy atom. The third-order valence-electron chi connectivity index (χ3n) is 1.79. The van der Waals surface area contributed by atoms with Crippen LogP contribution in [0.5, 0.6) is 0 Å². The van der Waals surface area contributed by atoms with E-state index in [4.69, 9.17) is 5.21 Å². The van der Waals surface area contributed by atoms with Crippen LogP contribution in [0.4, 0.5) is 0 Å². The van der Waals surface area contributed by atoms with Crippen molar-refractivity contribution >= 4 is 17.1 Å². The SMILES string of the molecule is O/N=C\c1ccc2cc[nH]c2c1. The van der Waals surface area contributed by atoms with Crippen LogP contribution in [0.15, 0.2) is 35.6 Å². The van der Waals surface area contributed by atoms with Crippen molar-refractivity contribution in [2.24, 2.45) is 5.16 Å². The maximum atomic E-state index is 8.30. The van der Waals surface area contributed by atoms with Crippen LogP contribution in [-0.2, 0) is 0 Å². The molecule has 1 heterocycles. The van der Waals surface area contributed by atoms with Gasteiger partial charge in [0.25, 0.3) is 0 Å². The van der Waals surface area contributed by atoms with Gasteiger partial charge in [-0.2, -0.15) is 0 Å². The van der Waals surface area contributed by atoms with Gasteiger partial charge < -0.3 is 10.2 Å². The van der Waals surface area contributed by atoms with Gasteiger partial charge in [-0.25, -0.2) is 0 Å². The molecule has 60 valence electrons. The maximum Gasteiger partial charge on any atom is 0.0734 e. The highest BCUT2D eigenvalue weighted by Gasteiger charge is 1.93. The van der Waals surface area contributed by atoms with Gasteiger partial charge >= 0.3 is 0 Å². The summed E-state index contributed by atoms with van der Waals surface area (Å²) in [5, 5.41) is 12.4. The molecule has 12 heavy (non-hydrogen) atoms. The quantitative estimate of drug-likeness (QED) is 0.374. The number of aromatic amines is 1. The van der Waals surface area contributed by atoms with Gasteiger partial charge in [0.15, 0.2) is 0 Å². The largest absolute Gasteiger partial charge is 0.411 e. The average Bonchev–Trinajstić information content (AvgIpc) is 2.51. The number of benzene rings is 1. The van der Waals surface area contributed by atoms with Gasteiger partial charge in [-0.05, 0) is 23.1 Å². The number of fused-ring (bicyclic) bond motifs is 1. The second kappa shape index (κ2) is 2.70. The van der Waals surface area contributed by atoms with E-state index in [1.165, 1.54) is 6.21 Å². The first-order valence-electron chi connectivity index (χ1n) is 3.65. The predicted molar refractivity (Wildman–Crippen MR) is 47.7 cm³/mol. The standard InChI is InChI=1S/C9H8N2O/c12-11-6-7-1-2-8-3-4-10-9(8)5-7/h1-6,10,12H/b11-6-. The first kappa shape index (κ1) is 6.91. The van der Waals surface area contributed by atoms with Gasteiger partial charge in [0.1, 0.15) is 0 Å². The maximum absolute atomic E-state index is 8.30. The van der Waals surface area contributed by atoms with Crippen LogP contribution in [-0.4, -0.2) is 16.4 Å². The summed E-state index contributed by atoms with van der Waals surface area (Å²) in [6, 6.07) is 7.79. The number of aromatic nitrogens is 1. The molecule has 1 aromatic heterocycles. The molecule has 0 aliphatic heterocycles. The monoisotopic (exact) mass is 160 g/mol. The lowest BCUT2D eigenvalue weighted by Gasteiger charge is -1.91. The predicted octanol–water partition coefficient (Wildman–Crippen LogP) is 1.98. The van der Waals surface area contributed by atoms with Crippen molar-refractivity contribution in [1.82, 2.24) is 4.98 Å². The number of rotatable bonds is 1. The Morgan fingerprint density at radius 3 is 3.08 bits per heavy atom. The first-order valence-corrected chi connectivity index (χ1v) is 3.65. The summed E-state index contributed by atoms with van der Waals surface area (Å²) in [5.41, 5.74) is 1.93. The van der Waals surface area contributed by atoms with Crippen LogP contribution in [0.3, 0.4) is 0 Å². The summed E-state index contributed by atoms with van der Waals surface area (Å²) >= 11 is 0. The van der Waals surface area contributed by atoms with Crippen LogP contribution in [0.2, 0.25) is 0 Å². The van der Waals surface area contributed by atoms with Crippen LogP contribution in [0.1, 0.15) is 5.56 Å². The third kappa shape index (κ3) is 1.05. The zero-order valence-corrected chi connectivity index (χ0v) is 6.36. The van der Waals surface area contributed by atoms with Gasteiger partial charge in [0.05, 0.1) is 6.21 Å². The van der Waals surface area contributed by atoms with Crippen molar-refractivity contribution in [3.8, 4) is 0 Å². The van der Waals surface area contributed by atoms with E-state index < -0.39 is 0 Å². The van der Waals surface area contributed by atoms with Crippen LogP contribution >= 0.6 is 0 Å². The lowest BCUT2D eigenvalue weighted by atomic mass is 10.2. The summed E-state index contributed by atoms with van der Waals surface area (Å²) in [7, 11) is 0. The molecule has 0 atom stereocenters. The molecule has 2 aromatic rings. The fraction of sp³-hybridized carbons (Fsp3) is 0. The Bertz CT molecular complexity index is 417. The molecule has 0 radical (unpaired) electrons. The molecule has 0 unspecified atom stereocenters. The highest BCUT2D eigenvalue weighted by molar-refractivity contribution is 5.88. The van der Waals surface area contributed by atoms with E-state index >= 15 is 0 Å². The molecule has 0 bridgehead atoms. The Kier molecular flexibility index (Phi) is 1.55. The van der Waals surface area contributed by atoms with Gasteiger partial charge in [0, 0.05) is 11.7 Å². The van der Waals surface area contributed by atoms with Crippen LogP contribution in [0, 0.1) is 0 Å². The second-order valence-corrected chi connectivity index (χ2v) is 2.57. The van der Waals surface area contributed by atoms with Gasteiger partial charge in [-0.1, -0.05) is 17.3 Å². The number of nitrogens with zero attached hydrogens (tertiary/aromatic N) is 1. The molecular weight excluding hydrogens is 152 g/mol. The molecule has 0 aliphatic rings. The van der Waals surface area contributed by atoms with E-state index in [2.05, 4.69) is 10.1 Å². The molecular formula is C9H8N2O.